The highest BCUT2D eigenvalue weighted by Gasteiger charge is 2.25. The Morgan fingerprint density at radius 2 is 2.40 bits per heavy atom. The van der Waals surface area contributed by atoms with E-state index >= 15 is 0 Å². The van der Waals surface area contributed by atoms with Gasteiger partial charge in [-0.15, -0.1) is 0 Å². The molecule has 0 radical (unpaired) electrons. The quantitative estimate of drug-likeness (QED) is 0.742. The number of Topliss-reactive ketones (excluding diaryl/α,β-unsaturated/α-hetero) is 1. The predicted octanol–water partition coefficient (Wildman–Crippen LogP) is 1.23. The highest BCUT2D eigenvalue weighted by Crippen LogP contribution is 2.28. The Labute approximate surface area is 89.5 Å². The zero-order valence-corrected chi connectivity index (χ0v) is 9.29. The molecule has 1 aliphatic heterocycles. The van der Waals surface area contributed by atoms with Crippen LogP contribution >= 0.6 is 0 Å². The fourth-order valence-corrected chi connectivity index (χ4v) is 2.33. The van der Waals surface area contributed by atoms with Gasteiger partial charge in [0.25, 0.3) is 0 Å². The minimum absolute atomic E-state index is 0.000324. The predicted molar refractivity (Wildman–Crippen MR) is 58.0 cm³/mol. The van der Waals surface area contributed by atoms with Crippen LogP contribution in [-0.4, -0.2) is 21.9 Å². The molecule has 0 amide bonds. The minimum Gasteiger partial charge on any atom is -0.325 e. The van der Waals surface area contributed by atoms with Crippen molar-refractivity contribution < 1.29 is 4.79 Å². The molecular formula is C11H17N3O. The number of hydrogen-bond acceptors (Lipinski definition) is 3. The van der Waals surface area contributed by atoms with Crippen LogP contribution in [0.25, 0.3) is 0 Å². The molecule has 0 spiro atoms. The van der Waals surface area contributed by atoms with Crippen LogP contribution in [0.3, 0.4) is 0 Å². The smallest absolute Gasteiger partial charge is 0.194 e. The average molecular weight is 207 g/mol. The Morgan fingerprint density at radius 3 is 3.07 bits per heavy atom. The molecule has 1 aliphatic rings. The standard InChI is InChI=1S/C11H17N3O/c1-7-4-3-5-14-10(9(15)6-12)8(2)13-11(7)14/h7H,3-6,12H2,1-2H3. The summed E-state index contributed by atoms with van der Waals surface area (Å²) >= 11 is 0. The minimum atomic E-state index is 0.000324. The lowest BCUT2D eigenvalue weighted by atomic mass is 10.0. The average Bonchev–Trinajstić information content (AvgIpc) is 2.55. The largest absolute Gasteiger partial charge is 0.325 e. The van der Waals surface area contributed by atoms with E-state index in [1.165, 1.54) is 0 Å². The molecule has 1 atom stereocenters. The van der Waals surface area contributed by atoms with E-state index in [9.17, 15) is 4.79 Å². The van der Waals surface area contributed by atoms with Crippen LogP contribution in [-0.2, 0) is 6.54 Å². The van der Waals surface area contributed by atoms with E-state index in [1.54, 1.807) is 0 Å². The van der Waals surface area contributed by atoms with Gasteiger partial charge in [-0.25, -0.2) is 4.98 Å². The Morgan fingerprint density at radius 1 is 1.67 bits per heavy atom. The molecule has 0 saturated heterocycles. The van der Waals surface area contributed by atoms with E-state index in [0.29, 0.717) is 5.92 Å². The lowest BCUT2D eigenvalue weighted by Gasteiger charge is -2.21. The topological polar surface area (TPSA) is 60.9 Å². The van der Waals surface area contributed by atoms with Gasteiger partial charge < -0.3 is 10.3 Å². The first-order chi connectivity index (χ1) is 7.15. The van der Waals surface area contributed by atoms with E-state index in [1.807, 2.05) is 6.92 Å². The van der Waals surface area contributed by atoms with Gasteiger partial charge in [-0.3, -0.25) is 4.79 Å². The molecule has 0 saturated carbocycles. The molecule has 0 aliphatic carbocycles. The monoisotopic (exact) mass is 207 g/mol. The summed E-state index contributed by atoms with van der Waals surface area (Å²) in [6.45, 7) is 5.02. The second-order valence-corrected chi connectivity index (χ2v) is 4.23. The van der Waals surface area contributed by atoms with Crippen LogP contribution in [0.5, 0.6) is 0 Å². The third kappa shape index (κ3) is 1.59. The summed E-state index contributed by atoms with van der Waals surface area (Å²) in [5.41, 5.74) is 6.96. The van der Waals surface area contributed by atoms with Gasteiger partial charge in [-0.1, -0.05) is 6.92 Å². The van der Waals surface area contributed by atoms with Crippen molar-refractivity contribution in [3.05, 3.63) is 17.2 Å². The van der Waals surface area contributed by atoms with Crippen molar-refractivity contribution in [3.63, 3.8) is 0 Å². The summed E-state index contributed by atoms with van der Waals surface area (Å²) in [5, 5.41) is 0. The third-order valence-corrected chi connectivity index (χ3v) is 3.08. The van der Waals surface area contributed by atoms with E-state index in [4.69, 9.17) is 5.73 Å². The number of ketones is 1. The van der Waals surface area contributed by atoms with Crippen LogP contribution in [0.4, 0.5) is 0 Å². The highest BCUT2D eigenvalue weighted by molar-refractivity contribution is 5.97. The van der Waals surface area contributed by atoms with E-state index in [0.717, 1.165) is 36.6 Å². The van der Waals surface area contributed by atoms with E-state index < -0.39 is 0 Å². The van der Waals surface area contributed by atoms with Gasteiger partial charge in [-0.2, -0.15) is 0 Å². The summed E-state index contributed by atoms with van der Waals surface area (Å²) in [7, 11) is 0. The van der Waals surface area contributed by atoms with E-state index in [-0.39, 0.29) is 12.3 Å². The number of aromatic nitrogens is 2. The molecular weight excluding hydrogens is 190 g/mol. The summed E-state index contributed by atoms with van der Waals surface area (Å²) in [6.07, 6.45) is 2.28. The van der Waals surface area contributed by atoms with Crippen LogP contribution in [0.15, 0.2) is 0 Å². The second-order valence-electron chi connectivity index (χ2n) is 4.23. The Hall–Kier alpha value is -1.16. The molecule has 2 rings (SSSR count). The number of rotatable bonds is 2. The van der Waals surface area contributed by atoms with Crippen molar-refractivity contribution in [3.8, 4) is 0 Å². The van der Waals surface area contributed by atoms with Crippen LogP contribution in [0, 0.1) is 6.92 Å². The maximum Gasteiger partial charge on any atom is 0.194 e. The Bertz CT molecular complexity index is 395. The number of nitrogens with zero attached hydrogens (tertiary/aromatic N) is 2. The number of carbonyl (C=O) groups is 1. The maximum atomic E-state index is 11.7. The first-order valence-corrected chi connectivity index (χ1v) is 5.45. The van der Waals surface area contributed by atoms with Crippen molar-refractivity contribution in [2.75, 3.05) is 6.54 Å². The maximum absolute atomic E-state index is 11.7. The van der Waals surface area contributed by atoms with Gasteiger partial charge in [0.2, 0.25) is 0 Å². The second kappa shape index (κ2) is 3.77. The normalized spacial score (nSPS) is 20.1. The fourth-order valence-electron chi connectivity index (χ4n) is 2.33. The van der Waals surface area contributed by atoms with Crippen LogP contribution in [0.2, 0.25) is 0 Å². The third-order valence-electron chi connectivity index (χ3n) is 3.08. The number of hydrogen-bond donors (Lipinski definition) is 1. The Balaban J connectivity index is 2.51. The van der Waals surface area contributed by atoms with Gasteiger partial charge in [0, 0.05) is 12.5 Å². The summed E-state index contributed by atoms with van der Waals surface area (Å²) in [4.78, 5) is 16.2. The molecule has 15 heavy (non-hydrogen) atoms. The number of carbonyl (C=O) groups excluding carboxylic acids is 1. The number of aryl methyl sites for hydroxylation is 1. The first-order valence-electron chi connectivity index (χ1n) is 5.45. The number of fused-ring (bicyclic) bond motifs is 1. The van der Waals surface area contributed by atoms with Gasteiger partial charge >= 0.3 is 0 Å². The molecule has 0 aromatic carbocycles. The fraction of sp³-hybridized carbons (Fsp3) is 0.636. The lowest BCUT2D eigenvalue weighted by Crippen LogP contribution is -2.22. The van der Waals surface area contributed by atoms with Crippen molar-refractivity contribution in [2.24, 2.45) is 5.73 Å². The molecule has 4 heteroatoms. The van der Waals surface area contributed by atoms with Gasteiger partial charge in [-0.05, 0) is 19.8 Å². The molecule has 1 aromatic rings. The first kappa shape index (κ1) is 10.4. The van der Waals surface area contributed by atoms with Crippen molar-refractivity contribution in [1.82, 2.24) is 9.55 Å². The molecule has 0 bridgehead atoms. The molecule has 0 fully saturated rings. The van der Waals surface area contributed by atoms with Gasteiger partial charge in [0.05, 0.1) is 12.2 Å². The molecule has 82 valence electrons. The molecule has 2 N–H and O–H groups in total. The molecule has 2 heterocycles. The summed E-state index contributed by atoms with van der Waals surface area (Å²) in [6, 6.07) is 0. The van der Waals surface area contributed by atoms with Crippen molar-refractivity contribution >= 4 is 5.78 Å². The number of imidazole rings is 1. The SMILES string of the molecule is Cc1nc2n(c1C(=O)CN)CCCC2C. The van der Waals surface area contributed by atoms with E-state index in [2.05, 4.69) is 16.5 Å². The molecule has 4 nitrogen and oxygen atoms in total. The van der Waals surface area contributed by atoms with Crippen molar-refractivity contribution in [2.45, 2.75) is 39.2 Å². The van der Waals surface area contributed by atoms with Gasteiger partial charge in [0.1, 0.15) is 11.5 Å². The van der Waals surface area contributed by atoms with Crippen LogP contribution < -0.4 is 5.73 Å². The molecule has 1 aromatic heterocycles. The lowest BCUT2D eigenvalue weighted by molar-refractivity contribution is 0.0990. The summed E-state index contributed by atoms with van der Waals surface area (Å²) < 4.78 is 2.05. The Kier molecular flexibility index (Phi) is 2.61. The van der Waals surface area contributed by atoms with Crippen molar-refractivity contribution in [1.29, 1.82) is 0 Å². The zero-order valence-electron chi connectivity index (χ0n) is 9.29. The summed E-state index contributed by atoms with van der Waals surface area (Å²) in [5.74, 6) is 1.51. The molecule has 1 unspecified atom stereocenters. The highest BCUT2D eigenvalue weighted by atomic mass is 16.1. The van der Waals surface area contributed by atoms with Gasteiger partial charge in [0.15, 0.2) is 5.78 Å². The zero-order chi connectivity index (χ0) is 11.0. The van der Waals surface area contributed by atoms with Crippen LogP contribution in [0.1, 0.15) is 47.7 Å². The number of nitrogens with two attached hydrogens (primary N) is 1.